The molecule has 25 heavy (non-hydrogen) atoms. The molecule has 0 saturated carbocycles. The Morgan fingerprint density at radius 3 is 2.28 bits per heavy atom. The number of carboxylic acids is 1. The first kappa shape index (κ1) is 16.7. The number of phenolic OH excluding ortho intramolecular Hbond substituents is 1. The molecule has 6 heteroatoms. The summed E-state index contributed by atoms with van der Waals surface area (Å²) in [5.74, 6) is -0.0547. The lowest BCUT2D eigenvalue weighted by Crippen LogP contribution is -2.11. The number of carboxylic acid groups (broad SMARTS) is 1. The number of rotatable bonds is 3. The van der Waals surface area contributed by atoms with Crippen molar-refractivity contribution in [2.45, 2.75) is 26.2 Å². The largest absolute Gasteiger partial charge is 0.508 e. The molecule has 2 aromatic carbocycles. The van der Waals surface area contributed by atoms with E-state index in [2.05, 4.69) is 10.1 Å². The number of nitrogens with zero attached hydrogens (tertiary/aromatic N) is 2. The van der Waals surface area contributed by atoms with E-state index in [0.29, 0.717) is 17.3 Å². The molecule has 3 rings (SSSR count). The Balaban J connectivity index is 1.95. The zero-order chi connectivity index (χ0) is 18.2. The van der Waals surface area contributed by atoms with Gasteiger partial charge in [-0.15, -0.1) is 0 Å². The van der Waals surface area contributed by atoms with Crippen molar-refractivity contribution in [1.29, 1.82) is 0 Å². The van der Waals surface area contributed by atoms with Crippen molar-refractivity contribution >= 4 is 5.97 Å². The fraction of sp³-hybridized carbons (Fsp3) is 0.211. The Morgan fingerprint density at radius 1 is 1.04 bits per heavy atom. The Hall–Kier alpha value is -3.15. The van der Waals surface area contributed by atoms with E-state index in [-0.39, 0.29) is 16.7 Å². The zero-order valence-corrected chi connectivity index (χ0v) is 14.1. The third kappa shape index (κ3) is 3.38. The van der Waals surface area contributed by atoms with E-state index < -0.39 is 5.97 Å². The van der Waals surface area contributed by atoms with E-state index in [9.17, 15) is 9.90 Å². The van der Waals surface area contributed by atoms with Gasteiger partial charge in [0.15, 0.2) is 0 Å². The molecule has 2 N–H and O–H groups in total. The maximum atomic E-state index is 10.9. The molecule has 0 fully saturated rings. The standard InChI is InChI=1S/C19H18N2O4/c1-19(2,3)14-10-13(8-9-15(14)22)16-20-17(25-21-16)11-4-6-12(7-5-11)18(23)24/h4-10,22H,1-3H3,(H,23,24). The van der Waals surface area contributed by atoms with E-state index in [1.54, 1.807) is 24.3 Å². The van der Waals surface area contributed by atoms with Gasteiger partial charge in [-0.1, -0.05) is 25.9 Å². The molecule has 0 amide bonds. The number of hydrogen-bond acceptors (Lipinski definition) is 5. The summed E-state index contributed by atoms with van der Waals surface area (Å²) in [6, 6.07) is 11.4. The minimum absolute atomic E-state index is 0.192. The smallest absolute Gasteiger partial charge is 0.335 e. The predicted molar refractivity (Wildman–Crippen MR) is 92.5 cm³/mol. The normalized spacial score (nSPS) is 11.5. The highest BCUT2D eigenvalue weighted by molar-refractivity contribution is 5.88. The SMILES string of the molecule is CC(C)(C)c1cc(-c2noc(-c3ccc(C(=O)O)cc3)n2)ccc1O. The number of aromatic carboxylic acids is 1. The molecule has 128 valence electrons. The highest BCUT2D eigenvalue weighted by Gasteiger charge is 2.20. The molecule has 3 aromatic rings. The predicted octanol–water partition coefficient (Wildman–Crippen LogP) is 4.10. The van der Waals surface area contributed by atoms with Crippen LogP contribution < -0.4 is 0 Å². The van der Waals surface area contributed by atoms with E-state index in [1.807, 2.05) is 26.8 Å². The van der Waals surface area contributed by atoms with E-state index >= 15 is 0 Å². The van der Waals surface area contributed by atoms with Crippen LogP contribution in [0.25, 0.3) is 22.8 Å². The second-order valence-corrected chi connectivity index (χ2v) is 6.79. The maximum absolute atomic E-state index is 10.9. The van der Waals surface area contributed by atoms with Gasteiger partial charge in [0.05, 0.1) is 5.56 Å². The summed E-state index contributed by atoms with van der Waals surface area (Å²) in [6.07, 6.45) is 0. The molecule has 0 aliphatic heterocycles. The first-order valence-corrected chi connectivity index (χ1v) is 7.77. The quantitative estimate of drug-likeness (QED) is 0.746. The minimum atomic E-state index is -0.989. The van der Waals surface area contributed by atoms with Gasteiger partial charge in [-0.05, 0) is 53.4 Å². The van der Waals surface area contributed by atoms with E-state index in [1.165, 1.54) is 12.1 Å². The van der Waals surface area contributed by atoms with Gasteiger partial charge in [-0.25, -0.2) is 4.79 Å². The highest BCUT2D eigenvalue weighted by atomic mass is 16.5. The van der Waals surface area contributed by atoms with Crippen LogP contribution in [0.15, 0.2) is 47.0 Å². The minimum Gasteiger partial charge on any atom is -0.508 e. The van der Waals surface area contributed by atoms with Crippen molar-refractivity contribution in [3.8, 4) is 28.6 Å². The molecule has 0 aliphatic carbocycles. The Bertz CT molecular complexity index is 921. The van der Waals surface area contributed by atoms with Crippen LogP contribution in [0.4, 0.5) is 0 Å². The van der Waals surface area contributed by atoms with Crippen molar-refractivity contribution in [2.75, 3.05) is 0 Å². The molecule has 6 nitrogen and oxygen atoms in total. The number of benzene rings is 2. The molecule has 0 unspecified atom stereocenters. The lowest BCUT2D eigenvalue weighted by molar-refractivity contribution is 0.0697. The molecule has 0 bridgehead atoms. The molecule has 0 spiro atoms. The topological polar surface area (TPSA) is 96.5 Å². The van der Waals surface area contributed by atoms with Gasteiger partial charge in [0.2, 0.25) is 5.82 Å². The molecule has 1 aromatic heterocycles. The molecule has 0 atom stereocenters. The average molecular weight is 338 g/mol. The average Bonchev–Trinajstić information content (AvgIpc) is 3.04. The van der Waals surface area contributed by atoms with Crippen LogP contribution in [0.1, 0.15) is 36.7 Å². The number of hydrogen-bond donors (Lipinski definition) is 2. The van der Waals surface area contributed by atoms with Crippen LogP contribution in [0.2, 0.25) is 0 Å². The van der Waals surface area contributed by atoms with Crippen molar-refractivity contribution < 1.29 is 19.5 Å². The fourth-order valence-corrected chi connectivity index (χ4v) is 2.49. The summed E-state index contributed by atoms with van der Waals surface area (Å²) < 4.78 is 5.29. The van der Waals surface area contributed by atoms with Gasteiger partial charge in [0.25, 0.3) is 5.89 Å². The summed E-state index contributed by atoms with van der Waals surface area (Å²) >= 11 is 0. The first-order chi connectivity index (χ1) is 11.8. The van der Waals surface area contributed by atoms with Gasteiger partial charge in [-0.3, -0.25) is 0 Å². The lowest BCUT2D eigenvalue weighted by atomic mass is 9.85. The maximum Gasteiger partial charge on any atom is 0.335 e. The van der Waals surface area contributed by atoms with Crippen LogP contribution in [0.3, 0.4) is 0 Å². The second-order valence-electron chi connectivity index (χ2n) is 6.79. The third-order valence-corrected chi connectivity index (χ3v) is 3.87. The summed E-state index contributed by atoms with van der Waals surface area (Å²) in [5, 5.41) is 23.0. The molecule has 1 heterocycles. The Kier molecular flexibility index (Phi) is 4.04. The van der Waals surface area contributed by atoms with Crippen LogP contribution in [-0.2, 0) is 5.41 Å². The van der Waals surface area contributed by atoms with Gasteiger partial charge in [0.1, 0.15) is 5.75 Å². The van der Waals surface area contributed by atoms with Crippen molar-refractivity contribution in [2.24, 2.45) is 0 Å². The first-order valence-electron chi connectivity index (χ1n) is 7.77. The number of aromatic hydroxyl groups is 1. The van der Waals surface area contributed by atoms with Crippen molar-refractivity contribution in [1.82, 2.24) is 10.1 Å². The van der Waals surface area contributed by atoms with Gasteiger partial charge >= 0.3 is 5.97 Å². The highest BCUT2D eigenvalue weighted by Crippen LogP contribution is 2.34. The summed E-state index contributed by atoms with van der Waals surface area (Å²) in [5.41, 5.74) is 2.14. The number of phenols is 1. The fourth-order valence-electron chi connectivity index (χ4n) is 2.49. The van der Waals surface area contributed by atoms with Crippen LogP contribution >= 0.6 is 0 Å². The van der Waals surface area contributed by atoms with Crippen molar-refractivity contribution in [3.05, 3.63) is 53.6 Å². The van der Waals surface area contributed by atoms with Crippen molar-refractivity contribution in [3.63, 3.8) is 0 Å². The van der Waals surface area contributed by atoms with Gasteiger partial charge in [0, 0.05) is 11.1 Å². The van der Waals surface area contributed by atoms with Crippen LogP contribution in [0.5, 0.6) is 5.75 Å². The summed E-state index contributed by atoms with van der Waals surface area (Å²) in [6.45, 7) is 6.03. The third-order valence-electron chi connectivity index (χ3n) is 3.87. The lowest BCUT2D eigenvalue weighted by Gasteiger charge is -2.20. The monoisotopic (exact) mass is 338 g/mol. The summed E-state index contributed by atoms with van der Waals surface area (Å²) in [4.78, 5) is 15.3. The van der Waals surface area contributed by atoms with E-state index in [0.717, 1.165) is 11.1 Å². The molecule has 0 radical (unpaired) electrons. The molecular weight excluding hydrogens is 320 g/mol. The van der Waals surface area contributed by atoms with Crippen LogP contribution in [-0.4, -0.2) is 26.3 Å². The number of aromatic nitrogens is 2. The van der Waals surface area contributed by atoms with E-state index in [4.69, 9.17) is 9.63 Å². The van der Waals surface area contributed by atoms with Gasteiger partial charge in [-0.2, -0.15) is 4.98 Å². The summed E-state index contributed by atoms with van der Waals surface area (Å²) in [7, 11) is 0. The molecular formula is C19H18N2O4. The second kappa shape index (κ2) is 6.05. The Morgan fingerprint density at radius 2 is 1.68 bits per heavy atom. The molecule has 0 saturated heterocycles. The Labute approximate surface area is 144 Å². The zero-order valence-electron chi connectivity index (χ0n) is 14.1. The van der Waals surface area contributed by atoms with Gasteiger partial charge < -0.3 is 14.7 Å². The van der Waals surface area contributed by atoms with Crippen LogP contribution in [0, 0.1) is 0 Å². The number of carbonyl (C=O) groups is 1. The molecule has 0 aliphatic rings.